The van der Waals surface area contributed by atoms with Crippen molar-refractivity contribution in [3.05, 3.63) is 96.1 Å². The van der Waals surface area contributed by atoms with E-state index in [-0.39, 0.29) is 30.9 Å². The molecule has 2 aromatic carbocycles. The second-order valence-electron chi connectivity index (χ2n) is 8.61. The van der Waals surface area contributed by atoms with Gasteiger partial charge in [0.25, 0.3) is 5.91 Å². The van der Waals surface area contributed by atoms with Crippen LogP contribution in [-0.4, -0.2) is 49.2 Å². The quantitative estimate of drug-likeness (QED) is 0.400. The van der Waals surface area contributed by atoms with Gasteiger partial charge in [-0.15, -0.1) is 0 Å². The minimum Gasteiger partial charge on any atom is -0.334 e. The highest BCUT2D eigenvalue weighted by Crippen LogP contribution is 2.19. The number of rotatable bonds is 8. The summed E-state index contributed by atoms with van der Waals surface area (Å²) in [5.41, 5.74) is 3.27. The normalized spacial score (nSPS) is 11.1. The summed E-state index contributed by atoms with van der Waals surface area (Å²) in [7, 11) is 1.73. The van der Waals surface area contributed by atoms with Gasteiger partial charge in [0.15, 0.2) is 0 Å². The minimum absolute atomic E-state index is 0.00416. The Balaban J connectivity index is 1.60. The van der Waals surface area contributed by atoms with Crippen LogP contribution in [0.4, 0.5) is 0 Å². The molecule has 0 radical (unpaired) electrons. The maximum atomic E-state index is 13.5. The lowest BCUT2D eigenvalue weighted by Gasteiger charge is -2.28. The van der Waals surface area contributed by atoms with Crippen LogP contribution in [0.3, 0.4) is 0 Å². The molecule has 0 saturated carbocycles. The van der Waals surface area contributed by atoms with Gasteiger partial charge in [-0.05, 0) is 43.7 Å². The molecule has 0 saturated heterocycles. The number of para-hydroxylation sites is 2. The van der Waals surface area contributed by atoms with Gasteiger partial charge in [0.05, 0.1) is 23.1 Å². The smallest absolute Gasteiger partial charge is 0.255 e. The third-order valence-corrected chi connectivity index (χ3v) is 5.80. The maximum Gasteiger partial charge on any atom is 0.255 e. The molecule has 7 nitrogen and oxygen atoms in total. The largest absolute Gasteiger partial charge is 0.334 e. The predicted octanol–water partition coefficient (Wildman–Crippen LogP) is 4.14. The van der Waals surface area contributed by atoms with Gasteiger partial charge in [0.1, 0.15) is 12.4 Å². The maximum absolute atomic E-state index is 13.5. The zero-order valence-electron chi connectivity index (χ0n) is 19.8. The molecule has 2 amide bonds. The Hall–Kier alpha value is -4.00. The number of pyridine rings is 1. The average Bonchev–Trinajstić information content (AvgIpc) is 3.19. The van der Waals surface area contributed by atoms with Crippen molar-refractivity contribution in [1.29, 1.82) is 0 Å². The van der Waals surface area contributed by atoms with Crippen LogP contribution in [0.2, 0.25) is 0 Å². The molecule has 174 valence electrons. The zero-order valence-corrected chi connectivity index (χ0v) is 19.8. The van der Waals surface area contributed by atoms with E-state index < -0.39 is 0 Å². The fourth-order valence-corrected chi connectivity index (χ4v) is 3.98. The van der Waals surface area contributed by atoms with Gasteiger partial charge in [-0.3, -0.25) is 14.6 Å². The molecule has 2 aromatic heterocycles. The Kier molecular flexibility index (Phi) is 7.01. The van der Waals surface area contributed by atoms with Crippen molar-refractivity contribution in [2.24, 2.45) is 0 Å². The Labute approximate surface area is 199 Å². The molecular weight excluding hydrogens is 426 g/mol. The highest BCUT2D eigenvalue weighted by Gasteiger charge is 2.22. The summed E-state index contributed by atoms with van der Waals surface area (Å²) in [6.07, 6.45) is 3.19. The van der Waals surface area contributed by atoms with Crippen LogP contribution >= 0.6 is 0 Å². The molecule has 0 atom stereocenters. The molecular formula is C27H29N5O2. The van der Waals surface area contributed by atoms with Crippen molar-refractivity contribution < 1.29 is 9.59 Å². The highest BCUT2D eigenvalue weighted by molar-refractivity contribution is 5.93. The summed E-state index contributed by atoms with van der Waals surface area (Å²) in [6, 6.07) is 21.2. The summed E-state index contributed by atoms with van der Waals surface area (Å²) in [4.78, 5) is 38.6. The number of carbonyl (C=O) groups excluding carboxylic acids is 2. The summed E-state index contributed by atoms with van der Waals surface area (Å²) in [6.45, 7) is 5.01. The van der Waals surface area contributed by atoms with E-state index in [4.69, 9.17) is 4.98 Å². The Bertz CT molecular complexity index is 1270. The molecule has 0 aliphatic rings. The predicted molar refractivity (Wildman–Crippen MR) is 132 cm³/mol. The summed E-state index contributed by atoms with van der Waals surface area (Å²) in [5, 5.41) is 0. The van der Waals surface area contributed by atoms with Gasteiger partial charge < -0.3 is 14.4 Å². The van der Waals surface area contributed by atoms with Crippen LogP contribution in [0.5, 0.6) is 0 Å². The van der Waals surface area contributed by atoms with Crippen molar-refractivity contribution >= 4 is 22.8 Å². The number of carbonyl (C=O) groups is 2. The molecule has 7 heteroatoms. The van der Waals surface area contributed by atoms with Crippen molar-refractivity contribution in [1.82, 2.24) is 24.3 Å². The number of amides is 2. The SMILES string of the molecule is CC(C)N(Cc1ccccc1)C(=O)Cn1c(CN(C)C(=O)c2cccnc2)nc2ccccc21. The zero-order chi connectivity index (χ0) is 24.1. The second kappa shape index (κ2) is 10.3. The summed E-state index contributed by atoms with van der Waals surface area (Å²) >= 11 is 0. The highest BCUT2D eigenvalue weighted by atomic mass is 16.2. The molecule has 34 heavy (non-hydrogen) atoms. The van der Waals surface area contributed by atoms with Gasteiger partial charge >= 0.3 is 0 Å². The molecule has 0 aliphatic heterocycles. The van der Waals surface area contributed by atoms with Crippen LogP contribution in [-0.2, 0) is 24.4 Å². The standard InChI is InChI=1S/C27H29N5O2/c1-20(2)31(17-21-10-5-4-6-11-21)26(33)19-32-24-14-8-7-13-23(24)29-25(32)18-30(3)27(34)22-12-9-15-28-16-22/h4-16,20H,17-19H2,1-3H3. The monoisotopic (exact) mass is 455 g/mol. The summed E-state index contributed by atoms with van der Waals surface area (Å²) in [5.74, 6) is 0.521. The van der Waals surface area contributed by atoms with Crippen molar-refractivity contribution in [3.8, 4) is 0 Å². The Morgan fingerprint density at radius 1 is 0.941 bits per heavy atom. The number of hydrogen-bond acceptors (Lipinski definition) is 4. The van der Waals surface area contributed by atoms with E-state index in [1.165, 1.54) is 0 Å². The van der Waals surface area contributed by atoms with Crippen LogP contribution in [0, 0.1) is 0 Å². The van der Waals surface area contributed by atoms with E-state index >= 15 is 0 Å². The lowest BCUT2D eigenvalue weighted by Crippen LogP contribution is -2.39. The second-order valence-corrected chi connectivity index (χ2v) is 8.61. The van der Waals surface area contributed by atoms with E-state index in [2.05, 4.69) is 4.98 Å². The fourth-order valence-electron chi connectivity index (χ4n) is 3.98. The number of aromatic nitrogens is 3. The first-order chi connectivity index (χ1) is 16.4. The number of imidazole rings is 1. The van der Waals surface area contributed by atoms with Gasteiger partial charge in [-0.2, -0.15) is 0 Å². The molecule has 0 fully saturated rings. The van der Waals surface area contributed by atoms with Crippen molar-refractivity contribution in [2.75, 3.05) is 7.05 Å². The Morgan fingerprint density at radius 2 is 1.68 bits per heavy atom. The lowest BCUT2D eigenvalue weighted by atomic mass is 10.2. The van der Waals surface area contributed by atoms with Gasteiger partial charge in [-0.25, -0.2) is 4.98 Å². The number of fused-ring (bicyclic) bond motifs is 1. The molecule has 0 N–H and O–H groups in total. The third kappa shape index (κ3) is 5.14. The van der Waals surface area contributed by atoms with Crippen molar-refractivity contribution in [3.63, 3.8) is 0 Å². The lowest BCUT2D eigenvalue weighted by molar-refractivity contribution is -0.134. The van der Waals surface area contributed by atoms with Gasteiger partial charge in [0, 0.05) is 32.0 Å². The molecule has 4 aromatic rings. The van der Waals surface area contributed by atoms with E-state index in [0.717, 1.165) is 16.6 Å². The number of nitrogens with zero attached hydrogens (tertiary/aromatic N) is 5. The number of hydrogen-bond donors (Lipinski definition) is 0. The minimum atomic E-state index is -0.147. The molecule has 4 rings (SSSR count). The van der Waals surface area contributed by atoms with Crippen molar-refractivity contribution in [2.45, 2.75) is 39.5 Å². The number of benzene rings is 2. The summed E-state index contributed by atoms with van der Waals surface area (Å²) < 4.78 is 1.92. The molecule has 2 heterocycles. The fraction of sp³-hybridized carbons (Fsp3) is 0.259. The van der Waals surface area contributed by atoms with E-state index in [9.17, 15) is 9.59 Å². The molecule has 0 aliphatic carbocycles. The molecule has 0 unspecified atom stereocenters. The van der Waals surface area contributed by atoms with Crippen LogP contribution in [0.1, 0.15) is 35.6 Å². The first-order valence-electron chi connectivity index (χ1n) is 11.4. The first kappa shape index (κ1) is 23.2. The van der Waals surface area contributed by atoms with E-state index in [0.29, 0.717) is 17.9 Å². The molecule has 0 spiro atoms. The van der Waals surface area contributed by atoms with Crippen LogP contribution in [0.25, 0.3) is 11.0 Å². The van der Waals surface area contributed by atoms with Gasteiger partial charge in [-0.1, -0.05) is 42.5 Å². The van der Waals surface area contributed by atoms with Crippen LogP contribution in [0.15, 0.2) is 79.1 Å². The topological polar surface area (TPSA) is 71.3 Å². The average molecular weight is 456 g/mol. The molecule has 0 bridgehead atoms. The van der Waals surface area contributed by atoms with E-state index in [1.807, 2.05) is 77.9 Å². The third-order valence-electron chi connectivity index (χ3n) is 5.80. The van der Waals surface area contributed by atoms with Gasteiger partial charge in [0.2, 0.25) is 5.91 Å². The van der Waals surface area contributed by atoms with E-state index in [1.54, 1.807) is 36.5 Å². The van der Waals surface area contributed by atoms with Crippen LogP contribution < -0.4 is 0 Å². The first-order valence-corrected chi connectivity index (χ1v) is 11.4. The Morgan fingerprint density at radius 3 is 2.38 bits per heavy atom.